The molecule has 0 unspecified atom stereocenters. The average Bonchev–Trinajstić information content (AvgIpc) is 2.69. The lowest BCUT2D eigenvalue weighted by atomic mass is 10.2. The number of nitro groups is 1. The summed E-state index contributed by atoms with van der Waals surface area (Å²) in [5, 5.41) is 14.0. The van der Waals surface area contributed by atoms with Gasteiger partial charge in [-0.05, 0) is 48.5 Å². The van der Waals surface area contributed by atoms with Crippen LogP contribution >= 0.6 is 11.6 Å². The number of benzene rings is 3. The average molecular weight is 432 g/mol. The smallest absolute Gasteiger partial charge is 0.271 e. The number of anilines is 2. The zero-order valence-corrected chi connectivity index (χ0v) is 16.3. The summed E-state index contributed by atoms with van der Waals surface area (Å²) in [4.78, 5) is 22.5. The monoisotopic (exact) mass is 431 g/mol. The number of non-ortho nitro benzene ring substituents is 1. The van der Waals surface area contributed by atoms with Crippen LogP contribution in [0.1, 0.15) is 10.4 Å². The predicted octanol–water partition coefficient (Wildman–Crippen LogP) is 4.30. The topological polar surface area (TPSA) is 118 Å². The van der Waals surface area contributed by atoms with Crippen molar-refractivity contribution in [1.29, 1.82) is 0 Å². The first-order chi connectivity index (χ1) is 13.7. The van der Waals surface area contributed by atoms with Crippen LogP contribution in [0.15, 0.2) is 77.7 Å². The Morgan fingerprint density at radius 2 is 1.62 bits per heavy atom. The van der Waals surface area contributed by atoms with Gasteiger partial charge in [0.1, 0.15) is 0 Å². The molecule has 0 bridgehead atoms. The van der Waals surface area contributed by atoms with Gasteiger partial charge in [-0.2, -0.15) is 0 Å². The van der Waals surface area contributed by atoms with Crippen LogP contribution in [0.4, 0.5) is 17.1 Å². The molecule has 8 nitrogen and oxygen atoms in total. The molecule has 0 aromatic heterocycles. The normalized spacial score (nSPS) is 10.9. The number of halogens is 1. The zero-order chi connectivity index (χ0) is 21.0. The molecule has 3 aromatic carbocycles. The molecule has 3 rings (SSSR count). The van der Waals surface area contributed by atoms with E-state index in [2.05, 4.69) is 10.0 Å². The van der Waals surface area contributed by atoms with Crippen molar-refractivity contribution in [2.75, 3.05) is 10.0 Å². The van der Waals surface area contributed by atoms with E-state index < -0.39 is 20.9 Å². The first-order valence-electron chi connectivity index (χ1n) is 8.19. The first-order valence-corrected chi connectivity index (χ1v) is 10.0. The number of hydrogen-bond acceptors (Lipinski definition) is 5. The van der Waals surface area contributed by atoms with E-state index in [1.165, 1.54) is 42.5 Å². The summed E-state index contributed by atoms with van der Waals surface area (Å²) in [6.45, 7) is 0. The van der Waals surface area contributed by atoms with Crippen LogP contribution in [-0.4, -0.2) is 19.2 Å². The zero-order valence-electron chi connectivity index (χ0n) is 14.7. The fourth-order valence-electron chi connectivity index (χ4n) is 2.44. The minimum absolute atomic E-state index is 0.0372. The maximum atomic E-state index is 12.6. The number of rotatable bonds is 6. The molecule has 0 heterocycles. The van der Waals surface area contributed by atoms with Gasteiger partial charge in [0.05, 0.1) is 15.5 Å². The van der Waals surface area contributed by atoms with E-state index in [1.807, 2.05) is 0 Å². The Hall–Kier alpha value is -3.43. The lowest BCUT2D eigenvalue weighted by Crippen LogP contribution is -2.16. The number of sulfonamides is 1. The van der Waals surface area contributed by atoms with Crippen molar-refractivity contribution >= 4 is 44.6 Å². The van der Waals surface area contributed by atoms with Crippen molar-refractivity contribution < 1.29 is 18.1 Å². The lowest BCUT2D eigenvalue weighted by molar-refractivity contribution is -0.384. The van der Waals surface area contributed by atoms with Crippen molar-refractivity contribution in [3.05, 3.63) is 93.5 Å². The van der Waals surface area contributed by atoms with Gasteiger partial charge in [-0.3, -0.25) is 19.6 Å². The molecule has 0 saturated carbocycles. The van der Waals surface area contributed by atoms with Crippen LogP contribution < -0.4 is 10.0 Å². The van der Waals surface area contributed by atoms with Gasteiger partial charge < -0.3 is 5.32 Å². The Morgan fingerprint density at radius 1 is 0.931 bits per heavy atom. The fraction of sp³-hybridized carbons (Fsp3) is 0. The Labute approximate surface area is 171 Å². The maximum Gasteiger partial charge on any atom is 0.271 e. The molecule has 10 heteroatoms. The molecule has 148 valence electrons. The third kappa shape index (κ3) is 5.09. The van der Waals surface area contributed by atoms with Crippen LogP contribution in [0.2, 0.25) is 5.02 Å². The SMILES string of the molecule is O=C(Nc1ccc(Cl)cc1)c1cccc(S(=O)(=O)Nc2cccc([N+](=O)[O-])c2)c1. The summed E-state index contributed by atoms with van der Waals surface area (Å²) >= 11 is 5.81. The van der Waals surface area contributed by atoms with E-state index in [-0.39, 0.29) is 21.8 Å². The largest absolute Gasteiger partial charge is 0.322 e. The molecule has 0 spiro atoms. The molecule has 0 fully saturated rings. The van der Waals surface area contributed by atoms with E-state index in [9.17, 15) is 23.3 Å². The number of carbonyl (C=O) groups excluding carboxylic acids is 1. The summed E-state index contributed by atoms with van der Waals surface area (Å²) in [7, 11) is -4.06. The Balaban J connectivity index is 1.82. The van der Waals surface area contributed by atoms with Gasteiger partial charge in [0.15, 0.2) is 0 Å². The summed E-state index contributed by atoms with van der Waals surface area (Å²) < 4.78 is 27.5. The molecule has 3 aromatic rings. The minimum Gasteiger partial charge on any atom is -0.322 e. The van der Waals surface area contributed by atoms with Gasteiger partial charge in [0, 0.05) is 28.4 Å². The second kappa shape index (κ2) is 8.29. The summed E-state index contributed by atoms with van der Waals surface area (Å²) in [5.41, 5.74) is 0.417. The van der Waals surface area contributed by atoms with E-state index >= 15 is 0 Å². The van der Waals surface area contributed by atoms with Gasteiger partial charge in [0.25, 0.3) is 21.6 Å². The quantitative estimate of drug-likeness (QED) is 0.445. The van der Waals surface area contributed by atoms with Crippen molar-refractivity contribution in [1.82, 2.24) is 0 Å². The van der Waals surface area contributed by atoms with Gasteiger partial charge >= 0.3 is 0 Å². The van der Waals surface area contributed by atoms with Gasteiger partial charge in [0.2, 0.25) is 0 Å². The number of carbonyl (C=O) groups is 1. The number of nitrogens with zero attached hydrogens (tertiary/aromatic N) is 1. The number of nitro benzene ring substituents is 1. The standard InChI is InChI=1S/C19H14ClN3O5S/c20-14-7-9-15(10-8-14)21-19(24)13-3-1-6-18(11-13)29(27,28)22-16-4-2-5-17(12-16)23(25)26/h1-12,22H,(H,21,24). The Kier molecular flexibility index (Phi) is 5.81. The fourth-order valence-corrected chi connectivity index (χ4v) is 3.66. The second-order valence-corrected chi connectivity index (χ2v) is 8.02. The molecule has 2 N–H and O–H groups in total. The van der Waals surface area contributed by atoms with Crippen LogP contribution in [-0.2, 0) is 10.0 Å². The third-order valence-electron chi connectivity index (χ3n) is 3.82. The number of nitrogens with one attached hydrogen (secondary N) is 2. The Morgan fingerprint density at radius 3 is 2.31 bits per heavy atom. The van der Waals surface area contributed by atoms with Gasteiger partial charge in [-0.25, -0.2) is 8.42 Å². The number of hydrogen-bond donors (Lipinski definition) is 2. The van der Waals surface area contributed by atoms with Crippen LogP contribution in [0.5, 0.6) is 0 Å². The summed E-state index contributed by atoms with van der Waals surface area (Å²) in [6.07, 6.45) is 0. The summed E-state index contributed by atoms with van der Waals surface area (Å²) in [5.74, 6) is -0.500. The van der Waals surface area contributed by atoms with Crippen LogP contribution in [0.3, 0.4) is 0 Å². The lowest BCUT2D eigenvalue weighted by Gasteiger charge is -2.10. The number of amides is 1. The predicted molar refractivity (Wildman–Crippen MR) is 110 cm³/mol. The molecule has 0 aliphatic rings. The molecular formula is C19H14ClN3O5S. The molecule has 0 radical (unpaired) electrons. The second-order valence-electron chi connectivity index (χ2n) is 5.90. The third-order valence-corrected chi connectivity index (χ3v) is 5.45. The van der Waals surface area contributed by atoms with E-state index in [4.69, 9.17) is 11.6 Å². The molecular weight excluding hydrogens is 418 g/mol. The molecule has 0 aliphatic carbocycles. The van der Waals surface area contributed by atoms with Crippen molar-refractivity contribution in [2.24, 2.45) is 0 Å². The van der Waals surface area contributed by atoms with Crippen LogP contribution in [0.25, 0.3) is 0 Å². The minimum atomic E-state index is -4.06. The highest BCUT2D eigenvalue weighted by Gasteiger charge is 2.18. The molecule has 0 saturated heterocycles. The highest BCUT2D eigenvalue weighted by Crippen LogP contribution is 2.22. The highest BCUT2D eigenvalue weighted by molar-refractivity contribution is 7.92. The van der Waals surface area contributed by atoms with Gasteiger partial charge in [-0.1, -0.05) is 23.7 Å². The van der Waals surface area contributed by atoms with Crippen molar-refractivity contribution in [2.45, 2.75) is 4.90 Å². The van der Waals surface area contributed by atoms with Gasteiger partial charge in [-0.15, -0.1) is 0 Å². The highest BCUT2D eigenvalue weighted by atomic mass is 35.5. The molecule has 0 atom stereocenters. The van der Waals surface area contributed by atoms with Crippen molar-refractivity contribution in [3.63, 3.8) is 0 Å². The van der Waals surface area contributed by atoms with Crippen LogP contribution in [0, 0.1) is 10.1 Å². The van der Waals surface area contributed by atoms with E-state index in [0.717, 1.165) is 6.07 Å². The van der Waals surface area contributed by atoms with Crippen molar-refractivity contribution in [3.8, 4) is 0 Å². The Bertz CT molecular complexity index is 1180. The van der Waals surface area contributed by atoms with E-state index in [1.54, 1.807) is 24.3 Å². The maximum absolute atomic E-state index is 12.6. The molecule has 0 aliphatic heterocycles. The molecule has 29 heavy (non-hydrogen) atoms. The first kappa shape index (κ1) is 20.3. The summed E-state index contributed by atoms with van der Waals surface area (Å²) in [6, 6.07) is 17.0. The molecule has 1 amide bonds. The van der Waals surface area contributed by atoms with E-state index in [0.29, 0.717) is 10.7 Å².